The second kappa shape index (κ2) is 7.07. The van der Waals surface area contributed by atoms with Crippen molar-refractivity contribution >= 4 is 6.03 Å². The number of nitrogens with one attached hydrogen (secondary N) is 2. The molecule has 0 unspecified atom stereocenters. The Morgan fingerprint density at radius 2 is 2.15 bits per heavy atom. The van der Waals surface area contributed by atoms with Gasteiger partial charge in [-0.1, -0.05) is 19.3 Å². The van der Waals surface area contributed by atoms with Crippen molar-refractivity contribution in [3.8, 4) is 0 Å². The van der Waals surface area contributed by atoms with E-state index in [2.05, 4.69) is 15.6 Å². The molecule has 20 heavy (non-hydrogen) atoms. The van der Waals surface area contributed by atoms with Crippen LogP contribution >= 0.6 is 0 Å². The minimum Gasteiger partial charge on any atom is -0.336 e. The summed E-state index contributed by atoms with van der Waals surface area (Å²) in [5.41, 5.74) is 0.550. The van der Waals surface area contributed by atoms with Crippen molar-refractivity contribution in [1.82, 2.24) is 20.2 Å². The van der Waals surface area contributed by atoms with Crippen molar-refractivity contribution in [2.75, 3.05) is 6.54 Å². The molecule has 0 saturated heterocycles. The summed E-state index contributed by atoms with van der Waals surface area (Å²) in [7, 11) is 0. The lowest BCUT2D eigenvalue weighted by molar-refractivity contribution is 0.232. The van der Waals surface area contributed by atoms with Gasteiger partial charge in [-0.3, -0.25) is 9.36 Å². The second-order valence-corrected chi connectivity index (χ2v) is 5.31. The summed E-state index contributed by atoms with van der Waals surface area (Å²) in [6.07, 6.45) is 8.81. The van der Waals surface area contributed by atoms with Gasteiger partial charge in [0.15, 0.2) is 0 Å². The zero-order valence-corrected chi connectivity index (χ0v) is 11.9. The van der Waals surface area contributed by atoms with Crippen LogP contribution in [0.4, 0.5) is 4.79 Å². The molecular formula is C14H22N4O2. The van der Waals surface area contributed by atoms with Crippen molar-refractivity contribution in [1.29, 1.82) is 0 Å². The van der Waals surface area contributed by atoms with Crippen LogP contribution in [0.2, 0.25) is 0 Å². The number of amides is 2. The van der Waals surface area contributed by atoms with E-state index in [0.717, 1.165) is 12.8 Å². The fraction of sp³-hybridized carbons (Fsp3) is 0.643. The Labute approximate surface area is 118 Å². The monoisotopic (exact) mass is 278 g/mol. The third-order valence-corrected chi connectivity index (χ3v) is 3.65. The Balaban J connectivity index is 1.73. The first kappa shape index (κ1) is 14.6. The molecule has 0 aliphatic heterocycles. The number of rotatable bonds is 4. The lowest BCUT2D eigenvalue weighted by Gasteiger charge is -2.22. The lowest BCUT2D eigenvalue weighted by atomic mass is 9.96. The van der Waals surface area contributed by atoms with Crippen LogP contribution in [0.15, 0.2) is 17.3 Å². The SMILES string of the molecule is Cc1cncn(CCNC(=O)NC2CCCCC2)c1=O. The Hall–Kier alpha value is -1.85. The fourth-order valence-corrected chi connectivity index (χ4v) is 2.49. The number of urea groups is 1. The first-order chi connectivity index (χ1) is 9.66. The molecular weight excluding hydrogens is 256 g/mol. The van der Waals surface area contributed by atoms with Crippen LogP contribution in [-0.2, 0) is 6.54 Å². The summed E-state index contributed by atoms with van der Waals surface area (Å²) in [5, 5.41) is 5.77. The molecule has 6 heteroatoms. The largest absolute Gasteiger partial charge is 0.336 e. The molecule has 1 aromatic rings. The van der Waals surface area contributed by atoms with E-state index < -0.39 is 0 Å². The fourth-order valence-electron chi connectivity index (χ4n) is 2.49. The average molecular weight is 278 g/mol. The third kappa shape index (κ3) is 4.08. The highest BCUT2D eigenvalue weighted by Crippen LogP contribution is 2.16. The number of aryl methyl sites for hydroxylation is 1. The van der Waals surface area contributed by atoms with Crippen LogP contribution < -0.4 is 16.2 Å². The van der Waals surface area contributed by atoms with E-state index in [1.807, 2.05) is 0 Å². The molecule has 1 fully saturated rings. The quantitative estimate of drug-likeness (QED) is 0.868. The highest BCUT2D eigenvalue weighted by atomic mass is 16.2. The third-order valence-electron chi connectivity index (χ3n) is 3.65. The molecule has 1 heterocycles. The van der Waals surface area contributed by atoms with Crippen molar-refractivity contribution in [2.45, 2.75) is 51.6 Å². The standard InChI is InChI=1S/C14H22N4O2/c1-11-9-15-10-18(13(11)19)8-7-16-14(20)17-12-5-3-2-4-6-12/h9-10,12H,2-8H2,1H3,(H2,16,17,20). The van der Waals surface area contributed by atoms with E-state index in [4.69, 9.17) is 0 Å². The smallest absolute Gasteiger partial charge is 0.315 e. The Bertz CT molecular complexity index is 506. The predicted octanol–water partition coefficient (Wildman–Crippen LogP) is 1.18. The van der Waals surface area contributed by atoms with E-state index >= 15 is 0 Å². The summed E-state index contributed by atoms with van der Waals surface area (Å²) in [6, 6.07) is 0.151. The van der Waals surface area contributed by atoms with Crippen LogP contribution in [0.25, 0.3) is 0 Å². The van der Waals surface area contributed by atoms with Crippen LogP contribution in [0.5, 0.6) is 0 Å². The second-order valence-electron chi connectivity index (χ2n) is 5.31. The maximum absolute atomic E-state index is 11.8. The van der Waals surface area contributed by atoms with Gasteiger partial charge in [-0.2, -0.15) is 0 Å². The summed E-state index contributed by atoms with van der Waals surface area (Å²) >= 11 is 0. The summed E-state index contributed by atoms with van der Waals surface area (Å²) in [6.45, 7) is 2.59. The molecule has 110 valence electrons. The van der Waals surface area contributed by atoms with Crippen LogP contribution in [0.3, 0.4) is 0 Å². The van der Waals surface area contributed by atoms with E-state index in [1.54, 1.807) is 13.1 Å². The topological polar surface area (TPSA) is 76.0 Å². The van der Waals surface area contributed by atoms with Crippen molar-refractivity contribution in [3.63, 3.8) is 0 Å². The van der Waals surface area contributed by atoms with Crippen LogP contribution in [-0.4, -0.2) is 28.2 Å². The minimum atomic E-state index is -0.148. The van der Waals surface area contributed by atoms with Crippen LogP contribution in [0.1, 0.15) is 37.7 Å². The highest BCUT2D eigenvalue weighted by Gasteiger charge is 2.15. The van der Waals surface area contributed by atoms with Crippen molar-refractivity contribution < 1.29 is 4.79 Å². The van der Waals surface area contributed by atoms with E-state index in [9.17, 15) is 9.59 Å². The first-order valence-corrected chi connectivity index (χ1v) is 7.22. The molecule has 0 spiro atoms. The van der Waals surface area contributed by atoms with Gasteiger partial charge in [0.25, 0.3) is 5.56 Å². The molecule has 0 atom stereocenters. The molecule has 0 aromatic carbocycles. The predicted molar refractivity (Wildman–Crippen MR) is 76.6 cm³/mol. The summed E-state index contributed by atoms with van der Waals surface area (Å²) < 4.78 is 1.51. The molecule has 2 rings (SSSR count). The normalized spacial score (nSPS) is 15.8. The van der Waals surface area contributed by atoms with Crippen LogP contribution in [0, 0.1) is 6.92 Å². The van der Waals surface area contributed by atoms with Crippen molar-refractivity contribution in [2.24, 2.45) is 0 Å². The summed E-state index contributed by atoms with van der Waals surface area (Å²) in [4.78, 5) is 27.5. The van der Waals surface area contributed by atoms with Gasteiger partial charge in [0, 0.05) is 30.9 Å². The van der Waals surface area contributed by atoms with Gasteiger partial charge in [0.2, 0.25) is 0 Å². The van der Waals surface area contributed by atoms with E-state index in [1.165, 1.54) is 30.2 Å². The number of carbonyl (C=O) groups is 1. The molecule has 1 aromatic heterocycles. The van der Waals surface area contributed by atoms with Gasteiger partial charge in [0.05, 0.1) is 6.33 Å². The van der Waals surface area contributed by atoms with Gasteiger partial charge < -0.3 is 10.6 Å². The molecule has 0 radical (unpaired) electrons. The Morgan fingerprint density at radius 1 is 1.40 bits per heavy atom. The molecule has 1 aliphatic carbocycles. The van der Waals surface area contributed by atoms with Crippen molar-refractivity contribution in [3.05, 3.63) is 28.4 Å². The molecule has 0 bridgehead atoms. The van der Waals surface area contributed by atoms with E-state index in [-0.39, 0.29) is 11.6 Å². The summed E-state index contributed by atoms with van der Waals surface area (Å²) in [5.74, 6) is 0. The van der Waals surface area contributed by atoms with Gasteiger partial charge in [0.1, 0.15) is 0 Å². The molecule has 2 N–H and O–H groups in total. The van der Waals surface area contributed by atoms with Gasteiger partial charge in [-0.25, -0.2) is 9.78 Å². The number of hydrogen-bond donors (Lipinski definition) is 2. The molecule has 6 nitrogen and oxygen atoms in total. The number of carbonyl (C=O) groups excluding carboxylic acids is 1. The van der Waals surface area contributed by atoms with Gasteiger partial charge in [-0.15, -0.1) is 0 Å². The molecule has 1 saturated carbocycles. The minimum absolute atomic E-state index is 0.0607. The van der Waals surface area contributed by atoms with Gasteiger partial charge in [-0.05, 0) is 19.8 Å². The van der Waals surface area contributed by atoms with E-state index in [0.29, 0.717) is 24.7 Å². The highest BCUT2D eigenvalue weighted by molar-refractivity contribution is 5.74. The molecule has 1 aliphatic rings. The first-order valence-electron chi connectivity index (χ1n) is 7.22. The molecule has 2 amide bonds. The average Bonchev–Trinajstić information content (AvgIpc) is 2.44. The zero-order valence-electron chi connectivity index (χ0n) is 11.9. The number of aromatic nitrogens is 2. The van der Waals surface area contributed by atoms with Gasteiger partial charge >= 0.3 is 6.03 Å². The number of nitrogens with zero attached hydrogens (tertiary/aromatic N) is 2. The zero-order chi connectivity index (χ0) is 14.4. The number of hydrogen-bond acceptors (Lipinski definition) is 3. The Kier molecular flexibility index (Phi) is 5.15. The maximum atomic E-state index is 11.8. The maximum Gasteiger partial charge on any atom is 0.315 e. The lowest BCUT2D eigenvalue weighted by Crippen LogP contribution is -2.44. The Morgan fingerprint density at radius 3 is 2.90 bits per heavy atom.